The number of carbonyl (C=O) groups is 4. The molecule has 2 N–H and O–H groups in total. The van der Waals surface area contributed by atoms with Crippen molar-refractivity contribution in [2.45, 2.75) is 87.1 Å². The maximum atomic E-state index is 14.6. The number of allylic oxidation sites excluding steroid dienone is 1. The number of ether oxygens (including phenoxy) is 2. The van der Waals surface area contributed by atoms with E-state index in [0.29, 0.717) is 32.4 Å². The van der Waals surface area contributed by atoms with Crippen molar-refractivity contribution in [3.8, 4) is 0 Å². The van der Waals surface area contributed by atoms with Crippen LogP contribution in [0.5, 0.6) is 0 Å². The molecule has 10 nitrogen and oxygen atoms in total. The van der Waals surface area contributed by atoms with E-state index >= 15 is 0 Å². The fraction of sp³-hybridized carbons (Fsp3) is 0.588. The normalized spacial score (nSPS) is 27.9. The number of unbranched alkanes of at least 4 members (excludes halogenated alkanes) is 1. The summed E-state index contributed by atoms with van der Waals surface area (Å²) in [6.07, 6.45) is 5.13. The molecule has 246 valence electrons. The van der Waals surface area contributed by atoms with Crippen LogP contribution < -0.4 is 5.32 Å². The molecule has 0 aromatic heterocycles. The summed E-state index contributed by atoms with van der Waals surface area (Å²) in [5.41, 5.74) is -0.378. The number of halogens is 1. The van der Waals surface area contributed by atoms with Crippen LogP contribution in [0.2, 0.25) is 0 Å². The van der Waals surface area contributed by atoms with Crippen molar-refractivity contribution in [2.24, 2.45) is 11.8 Å². The molecular weight excluding hydrogens is 642 g/mol. The molecule has 0 aliphatic carbocycles. The van der Waals surface area contributed by atoms with Gasteiger partial charge in [0.25, 0.3) is 0 Å². The third-order valence-electron chi connectivity index (χ3n) is 9.07. The van der Waals surface area contributed by atoms with Crippen LogP contribution in [0.1, 0.15) is 51.5 Å². The Bertz CT molecular complexity index is 1250. The van der Waals surface area contributed by atoms with Crippen LogP contribution in [0, 0.1) is 11.8 Å². The summed E-state index contributed by atoms with van der Waals surface area (Å²) >= 11 is 3.69. The third-order valence-corrected chi connectivity index (χ3v) is 9.92. The van der Waals surface area contributed by atoms with Crippen LogP contribution in [0.3, 0.4) is 0 Å². The number of nitrogens with one attached hydrogen (secondary N) is 1. The SMILES string of the molecule is C=CCCC(=O)NC[C@@H](C)OC(=O)[C@H]1[C@@H]2O[C@@]3(CC2Br)[C@@H]1C(=O)N([C@@H](CO)Cc1ccccc1)[C@@H]3C(=O)N(CC=C)CCCC. The van der Waals surface area contributed by atoms with E-state index in [1.165, 1.54) is 4.90 Å². The molecule has 3 aliphatic rings. The van der Waals surface area contributed by atoms with Gasteiger partial charge in [-0.3, -0.25) is 19.2 Å². The molecule has 0 radical (unpaired) electrons. The van der Waals surface area contributed by atoms with Crippen LogP contribution in [0.15, 0.2) is 55.6 Å². The Kier molecular flexibility index (Phi) is 12.0. The van der Waals surface area contributed by atoms with Crippen molar-refractivity contribution in [3.63, 3.8) is 0 Å². The van der Waals surface area contributed by atoms with Crippen LogP contribution in [-0.4, -0.2) is 99.6 Å². The van der Waals surface area contributed by atoms with Gasteiger partial charge in [0.15, 0.2) is 0 Å². The number of benzene rings is 1. The van der Waals surface area contributed by atoms with Gasteiger partial charge < -0.3 is 29.7 Å². The zero-order valence-corrected chi connectivity index (χ0v) is 27.8. The number of alkyl halides is 1. The second-order valence-corrected chi connectivity index (χ2v) is 13.4. The molecule has 3 heterocycles. The second kappa shape index (κ2) is 15.5. The summed E-state index contributed by atoms with van der Waals surface area (Å²) in [5, 5.41) is 13.4. The van der Waals surface area contributed by atoms with Crippen molar-refractivity contribution >= 4 is 39.6 Å². The summed E-state index contributed by atoms with van der Waals surface area (Å²) in [6.45, 7) is 11.7. The van der Waals surface area contributed by atoms with Crippen molar-refractivity contribution in [1.29, 1.82) is 0 Å². The third kappa shape index (κ3) is 7.20. The predicted octanol–water partition coefficient (Wildman–Crippen LogP) is 3.17. The minimum Gasteiger partial charge on any atom is -0.460 e. The Morgan fingerprint density at radius 2 is 2.00 bits per heavy atom. The van der Waals surface area contributed by atoms with Gasteiger partial charge >= 0.3 is 5.97 Å². The first-order valence-corrected chi connectivity index (χ1v) is 16.8. The molecule has 1 spiro atoms. The molecular formula is C34H46BrN3O7. The summed E-state index contributed by atoms with van der Waals surface area (Å²) < 4.78 is 12.4. The van der Waals surface area contributed by atoms with Gasteiger partial charge in [0.05, 0.1) is 37.1 Å². The Hall–Kier alpha value is -3.02. The van der Waals surface area contributed by atoms with E-state index in [-0.39, 0.29) is 36.2 Å². The summed E-state index contributed by atoms with van der Waals surface area (Å²) in [7, 11) is 0. The fourth-order valence-electron chi connectivity index (χ4n) is 7.01. The number of esters is 1. The van der Waals surface area contributed by atoms with E-state index in [1.807, 2.05) is 37.3 Å². The van der Waals surface area contributed by atoms with Crippen LogP contribution in [-0.2, 0) is 35.1 Å². The van der Waals surface area contributed by atoms with Crippen molar-refractivity contribution in [2.75, 3.05) is 26.2 Å². The highest BCUT2D eigenvalue weighted by atomic mass is 79.9. The molecule has 8 atom stereocenters. The molecule has 1 aromatic carbocycles. The van der Waals surface area contributed by atoms with Gasteiger partial charge in [0.2, 0.25) is 17.7 Å². The highest BCUT2D eigenvalue weighted by Crippen LogP contribution is 2.60. The first kappa shape index (κ1) is 34.8. The van der Waals surface area contributed by atoms with Gasteiger partial charge in [0, 0.05) is 24.3 Å². The van der Waals surface area contributed by atoms with Crippen LogP contribution in [0.4, 0.5) is 0 Å². The van der Waals surface area contributed by atoms with E-state index in [1.54, 1.807) is 24.0 Å². The summed E-state index contributed by atoms with van der Waals surface area (Å²) in [6, 6.07) is 7.73. The van der Waals surface area contributed by atoms with Gasteiger partial charge in [-0.1, -0.05) is 71.8 Å². The predicted molar refractivity (Wildman–Crippen MR) is 173 cm³/mol. The highest BCUT2D eigenvalue weighted by Gasteiger charge is 2.77. The average molecular weight is 689 g/mol. The topological polar surface area (TPSA) is 125 Å². The lowest BCUT2D eigenvalue weighted by molar-refractivity contribution is -0.160. The van der Waals surface area contributed by atoms with Crippen LogP contribution >= 0.6 is 15.9 Å². The zero-order valence-electron chi connectivity index (χ0n) is 26.2. The first-order chi connectivity index (χ1) is 21.6. The van der Waals surface area contributed by atoms with Crippen molar-refractivity contribution < 1.29 is 33.8 Å². The molecule has 4 rings (SSSR count). The molecule has 1 aromatic rings. The molecule has 1 unspecified atom stereocenters. The number of hydrogen-bond acceptors (Lipinski definition) is 7. The van der Waals surface area contributed by atoms with Gasteiger partial charge in [-0.25, -0.2) is 0 Å². The Labute approximate surface area is 274 Å². The largest absolute Gasteiger partial charge is 0.460 e. The summed E-state index contributed by atoms with van der Waals surface area (Å²) in [5.74, 6) is -3.39. The van der Waals surface area contributed by atoms with Crippen molar-refractivity contribution in [1.82, 2.24) is 15.1 Å². The number of hydrogen-bond donors (Lipinski definition) is 2. The van der Waals surface area contributed by atoms with E-state index in [4.69, 9.17) is 9.47 Å². The Morgan fingerprint density at radius 3 is 2.64 bits per heavy atom. The Balaban J connectivity index is 1.67. The minimum absolute atomic E-state index is 0.117. The number of aliphatic hydroxyl groups excluding tert-OH is 1. The molecule has 2 bridgehead atoms. The molecule has 3 saturated heterocycles. The van der Waals surface area contributed by atoms with E-state index in [2.05, 4.69) is 34.4 Å². The highest BCUT2D eigenvalue weighted by molar-refractivity contribution is 9.09. The maximum absolute atomic E-state index is 14.6. The zero-order chi connectivity index (χ0) is 32.7. The number of likely N-dealkylation sites (tertiary alicyclic amines) is 1. The molecule has 11 heteroatoms. The second-order valence-electron chi connectivity index (χ2n) is 12.2. The van der Waals surface area contributed by atoms with Crippen molar-refractivity contribution in [3.05, 3.63) is 61.2 Å². The fourth-order valence-corrected chi connectivity index (χ4v) is 7.96. The maximum Gasteiger partial charge on any atom is 0.312 e. The average Bonchev–Trinajstić information content (AvgIpc) is 3.63. The Morgan fingerprint density at radius 1 is 1.27 bits per heavy atom. The van der Waals surface area contributed by atoms with Gasteiger partial charge in [-0.2, -0.15) is 0 Å². The molecule has 0 saturated carbocycles. The summed E-state index contributed by atoms with van der Waals surface area (Å²) in [4.78, 5) is 57.8. The number of fused-ring (bicyclic) bond motifs is 1. The number of amides is 3. The quantitative estimate of drug-likeness (QED) is 0.146. The lowest BCUT2D eigenvalue weighted by atomic mass is 9.70. The first-order valence-electron chi connectivity index (χ1n) is 15.9. The smallest absolute Gasteiger partial charge is 0.312 e. The lowest BCUT2D eigenvalue weighted by Crippen LogP contribution is -2.59. The molecule has 3 amide bonds. The molecule has 45 heavy (non-hydrogen) atoms. The molecule has 3 fully saturated rings. The minimum atomic E-state index is -1.28. The number of carbonyl (C=O) groups excluding carboxylic acids is 4. The molecule has 3 aliphatic heterocycles. The van der Waals surface area contributed by atoms with E-state index in [0.717, 1.165) is 18.4 Å². The monoisotopic (exact) mass is 687 g/mol. The van der Waals surface area contributed by atoms with Crippen LogP contribution in [0.25, 0.3) is 0 Å². The van der Waals surface area contributed by atoms with E-state index < -0.39 is 53.6 Å². The van der Waals surface area contributed by atoms with E-state index in [9.17, 15) is 24.3 Å². The van der Waals surface area contributed by atoms with Gasteiger partial charge in [-0.15, -0.1) is 13.2 Å². The number of rotatable bonds is 17. The number of nitrogens with zero attached hydrogens (tertiary/aromatic N) is 2. The van der Waals surface area contributed by atoms with Gasteiger partial charge in [-0.05, 0) is 38.2 Å². The number of aliphatic hydroxyl groups is 1. The standard InChI is InChI=1S/C34H46BrN3O7/c1-5-8-15-26(40)36-20-22(4)44-33(43)27-28-31(41)38(24(21-39)18-23-13-11-10-12-14-23)30(34(28)19-25(35)29(27)45-34)32(42)37(16-7-3)17-9-6-2/h5,7,10-14,22,24-25,27-30,39H,1,3,6,8-9,15-21H2,2,4H3,(H,36,40)/t22-,24-,25?,27-,28+,29-,30-,34+/m1/s1. The van der Waals surface area contributed by atoms with Gasteiger partial charge in [0.1, 0.15) is 17.7 Å². The lowest BCUT2D eigenvalue weighted by Gasteiger charge is -2.39.